The first-order chi connectivity index (χ1) is 13.6. The van der Waals surface area contributed by atoms with Crippen molar-refractivity contribution in [2.75, 3.05) is 26.8 Å². The van der Waals surface area contributed by atoms with E-state index in [1.54, 1.807) is 7.11 Å². The number of nitrogens with zero attached hydrogens (tertiary/aromatic N) is 2. The first-order valence-electron chi connectivity index (χ1n) is 9.65. The molecule has 28 heavy (non-hydrogen) atoms. The minimum atomic E-state index is 0.0725. The second-order valence-corrected chi connectivity index (χ2v) is 7.30. The van der Waals surface area contributed by atoms with E-state index in [0.717, 1.165) is 54.3 Å². The first-order valence-corrected chi connectivity index (χ1v) is 9.65. The number of H-pyrrole nitrogens is 1. The van der Waals surface area contributed by atoms with E-state index in [1.165, 1.54) is 0 Å². The summed E-state index contributed by atoms with van der Waals surface area (Å²) in [6, 6.07) is 13.3. The third-order valence-electron chi connectivity index (χ3n) is 5.20. The maximum Gasteiger partial charge on any atom is 0.253 e. The SMILES string of the molecule is COc1ccc(OCC2CCCN(C(=O)c3ccc4nc(C)[nH]c4c3)C2)cc1. The first kappa shape index (κ1) is 18.3. The lowest BCUT2D eigenvalue weighted by molar-refractivity contribution is 0.0633. The molecule has 146 valence electrons. The minimum absolute atomic E-state index is 0.0725. The molecule has 1 unspecified atom stereocenters. The van der Waals surface area contributed by atoms with Crippen LogP contribution < -0.4 is 9.47 Å². The quantitative estimate of drug-likeness (QED) is 0.732. The standard InChI is InChI=1S/C22H25N3O3/c1-15-23-20-10-5-17(12-21(20)24-15)22(26)25-11-3-4-16(13-25)14-28-19-8-6-18(27-2)7-9-19/h5-10,12,16H,3-4,11,13-14H2,1-2H3,(H,23,24). The second-order valence-electron chi connectivity index (χ2n) is 7.30. The van der Waals surface area contributed by atoms with Crippen molar-refractivity contribution >= 4 is 16.9 Å². The molecule has 2 aromatic carbocycles. The van der Waals surface area contributed by atoms with Crippen LogP contribution in [0, 0.1) is 12.8 Å². The van der Waals surface area contributed by atoms with Crippen LogP contribution in [0.3, 0.4) is 0 Å². The molecule has 1 atom stereocenters. The molecule has 4 rings (SSSR count). The van der Waals surface area contributed by atoms with Crippen molar-refractivity contribution in [3.63, 3.8) is 0 Å². The van der Waals surface area contributed by atoms with Crippen LogP contribution in [-0.4, -0.2) is 47.6 Å². The molecule has 1 amide bonds. The molecule has 0 saturated carbocycles. The molecule has 6 nitrogen and oxygen atoms in total. The molecule has 1 aliphatic heterocycles. The van der Waals surface area contributed by atoms with Gasteiger partial charge < -0.3 is 19.4 Å². The summed E-state index contributed by atoms with van der Waals surface area (Å²) in [4.78, 5) is 22.5. The molecule has 1 fully saturated rings. The normalized spacial score (nSPS) is 16.9. The zero-order valence-corrected chi connectivity index (χ0v) is 16.3. The average molecular weight is 379 g/mol. The van der Waals surface area contributed by atoms with Crippen LogP contribution in [-0.2, 0) is 0 Å². The molecule has 1 aromatic heterocycles. The number of amides is 1. The molecular weight excluding hydrogens is 354 g/mol. The van der Waals surface area contributed by atoms with Gasteiger partial charge in [-0.05, 0) is 62.2 Å². The lowest BCUT2D eigenvalue weighted by Gasteiger charge is -2.32. The number of likely N-dealkylation sites (tertiary alicyclic amines) is 1. The van der Waals surface area contributed by atoms with Gasteiger partial charge in [0.15, 0.2) is 0 Å². The maximum atomic E-state index is 13.0. The van der Waals surface area contributed by atoms with Crippen LogP contribution in [0.4, 0.5) is 0 Å². The summed E-state index contributed by atoms with van der Waals surface area (Å²) in [5, 5.41) is 0. The number of benzene rings is 2. The van der Waals surface area contributed by atoms with Crippen molar-refractivity contribution < 1.29 is 14.3 Å². The number of nitrogens with one attached hydrogen (secondary N) is 1. The van der Waals surface area contributed by atoms with Crippen LogP contribution in [0.5, 0.6) is 11.5 Å². The van der Waals surface area contributed by atoms with E-state index < -0.39 is 0 Å². The highest BCUT2D eigenvalue weighted by Gasteiger charge is 2.25. The predicted molar refractivity (Wildman–Crippen MR) is 108 cm³/mol. The topological polar surface area (TPSA) is 67.5 Å². The summed E-state index contributed by atoms with van der Waals surface area (Å²) >= 11 is 0. The smallest absolute Gasteiger partial charge is 0.253 e. The Kier molecular flexibility index (Phi) is 5.19. The van der Waals surface area contributed by atoms with Crippen LogP contribution in [0.2, 0.25) is 0 Å². The zero-order valence-electron chi connectivity index (χ0n) is 16.3. The molecule has 0 spiro atoms. The molecule has 1 saturated heterocycles. The highest BCUT2D eigenvalue weighted by Crippen LogP contribution is 2.23. The van der Waals surface area contributed by atoms with E-state index in [9.17, 15) is 4.79 Å². The van der Waals surface area contributed by atoms with Crippen molar-refractivity contribution in [1.29, 1.82) is 0 Å². The Labute approximate surface area is 164 Å². The number of carbonyl (C=O) groups is 1. The Morgan fingerprint density at radius 2 is 2.00 bits per heavy atom. The van der Waals surface area contributed by atoms with Gasteiger partial charge in [-0.15, -0.1) is 0 Å². The summed E-state index contributed by atoms with van der Waals surface area (Å²) in [6.07, 6.45) is 2.06. The van der Waals surface area contributed by atoms with Gasteiger partial charge in [0, 0.05) is 24.6 Å². The lowest BCUT2D eigenvalue weighted by atomic mass is 9.98. The van der Waals surface area contributed by atoms with Gasteiger partial charge in [-0.3, -0.25) is 4.79 Å². The number of piperidine rings is 1. The second kappa shape index (κ2) is 7.92. The van der Waals surface area contributed by atoms with Gasteiger partial charge in [0.1, 0.15) is 17.3 Å². The highest BCUT2D eigenvalue weighted by molar-refractivity contribution is 5.97. The highest BCUT2D eigenvalue weighted by atomic mass is 16.5. The van der Waals surface area contributed by atoms with E-state index in [1.807, 2.05) is 54.3 Å². The Morgan fingerprint density at radius 3 is 2.79 bits per heavy atom. The molecule has 0 bridgehead atoms. The van der Waals surface area contributed by atoms with Gasteiger partial charge in [-0.2, -0.15) is 0 Å². The summed E-state index contributed by atoms with van der Waals surface area (Å²) in [5.41, 5.74) is 2.49. The van der Waals surface area contributed by atoms with Crippen molar-refractivity contribution in [1.82, 2.24) is 14.9 Å². The van der Waals surface area contributed by atoms with E-state index in [4.69, 9.17) is 9.47 Å². The van der Waals surface area contributed by atoms with Gasteiger partial charge in [-0.25, -0.2) is 4.98 Å². The fourth-order valence-electron chi connectivity index (χ4n) is 3.72. The number of hydrogen-bond acceptors (Lipinski definition) is 4. The third kappa shape index (κ3) is 3.96. The summed E-state index contributed by atoms with van der Waals surface area (Å²) in [5.74, 6) is 2.89. The Morgan fingerprint density at radius 1 is 1.21 bits per heavy atom. The molecule has 0 radical (unpaired) electrons. The summed E-state index contributed by atoms with van der Waals surface area (Å²) < 4.78 is 11.1. The van der Waals surface area contributed by atoms with Gasteiger partial charge in [0.2, 0.25) is 0 Å². The predicted octanol–water partition coefficient (Wildman–Crippen LogP) is 3.81. The number of methoxy groups -OCH3 is 1. The fraction of sp³-hybridized carbons (Fsp3) is 0.364. The monoisotopic (exact) mass is 379 g/mol. The van der Waals surface area contributed by atoms with Crippen LogP contribution >= 0.6 is 0 Å². The zero-order chi connectivity index (χ0) is 19.5. The summed E-state index contributed by atoms with van der Waals surface area (Å²) in [7, 11) is 1.65. The molecule has 1 N–H and O–H groups in total. The average Bonchev–Trinajstić information content (AvgIpc) is 3.11. The molecule has 3 aromatic rings. The minimum Gasteiger partial charge on any atom is -0.497 e. The molecule has 1 aliphatic rings. The number of aromatic amines is 1. The van der Waals surface area contributed by atoms with Gasteiger partial charge in [0.05, 0.1) is 24.8 Å². The molecule has 6 heteroatoms. The number of fused-ring (bicyclic) bond motifs is 1. The molecular formula is C22H25N3O3. The van der Waals surface area contributed by atoms with Gasteiger partial charge >= 0.3 is 0 Å². The third-order valence-corrected chi connectivity index (χ3v) is 5.20. The number of hydrogen-bond donors (Lipinski definition) is 1. The number of imidazole rings is 1. The van der Waals surface area contributed by atoms with E-state index in [0.29, 0.717) is 18.1 Å². The van der Waals surface area contributed by atoms with Crippen molar-refractivity contribution in [2.45, 2.75) is 19.8 Å². The Balaban J connectivity index is 1.38. The van der Waals surface area contributed by atoms with Gasteiger partial charge in [0.25, 0.3) is 5.91 Å². The largest absolute Gasteiger partial charge is 0.497 e. The number of carbonyl (C=O) groups excluding carboxylic acids is 1. The summed E-state index contributed by atoms with van der Waals surface area (Å²) in [6.45, 7) is 4.03. The Bertz CT molecular complexity index is 965. The van der Waals surface area contributed by atoms with E-state index in [-0.39, 0.29) is 5.91 Å². The van der Waals surface area contributed by atoms with E-state index in [2.05, 4.69) is 9.97 Å². The number of aryl methyl sites for hydroxylation is 1. The number of aromatic nitrogens is 2. The van der Waals surface area contributed by atoms with Crippen molar-refractivity contribution in [3.05, 3.63) is 53.9 Å². The van der Waals surface area contributed by atoms with Crippen molar-refractivity contribution in [3.8, 4) is 11.5 Å². The lowest BCUT2D eigenvalue weighted by Crippen LogP contribution is -2.41. The van der Waals surface area contributed by atoms with Crippen LogP contribution in [0.1, 0.15) is 29.0 Å². The number of rotatable bonds is 5. The molecule has 0 aliphatic carbocycles. The van der Waals surface area contributed by atoms with Crippen LogP contribution in [0.15, 0.2) is 42.5 Å². The van der Waals surface area contributed by atoms with Crippen LogP contribution in [0.25, 0.3) is 11.0 Å². The molecule has 2 heterocycles. The maximum absolute atomic E-state index is 13.0. The van der Waals surface area contributed by atoms with Crippen molar-refractivity contribution in [2.24, 2.45) is 5.92 Å². The van der Waals surface area contributed by atoms with Gasteiger partial charge in [-0.1, -0.05) is 0 Å². The number of ether oxygens (including phenoxy) is 2. The van der Waals surface area contributed by atoms with E-state index >= 15 is 0 Å². The Hall–Kier alpha value is -3.02. The fourth-order valence-corrected chi connectivity index (χ4v) is 3.72.